The van der Waals surface area contributed by atoms with E-state index in [1.165, 1.54) is 0 Å². The molecule has 0 aromatic heterocycles. The molecule has 0 bridgehead atoms. The molecule has 0 spiro atoms. The van der Waals surface area contributed by atoms with Crippen molar-refractivity contribution in [1.82, 2.24) is 5.32 Å². The van der Waals surface area contributed by atoms with E-state index in [9.17, 15) is 5.11 Å². The van der Waals surface area contributed by atoms with Gasteiger partial charge in [-0.15, -0.1) is 0 Å². The van der Waals surface area contributed by atoms with Crippen LogP contribution >= 0.6 is 0 Å². The van der Waals surface area contributed by atoms with Gasteiger partial charge in [-0.2, -0.15) is 0 Å². The van der Waals surface area contributed by atoms with Gasteiger partial charge in [-0.1, -0.05) is 30.3 Å². The van der Waals surface area contributed by atoms with E-state index in [2.05, 4.69) is 5.32 Å². The first-order valence-electron chi connectivity index (χ1n) is 5.90. The summed E-state index contributed by atoms with van der Waals surface area (Å²) in [5, 5.41) is 12.9. The van der Waals surface area contributed by atoms with Crippen LogP contribution in [0.1, 0.15) is 24.4 Å². The quantitative estimate of drug-likeness (QED) is 0.809. The van der Waals surface area contributed by atoms with Crippen LogP contribution in [0.3, 0.4) is 0 Å². The van der Waals surface area contributed by atoms with Gasteiger partial charge in [0.2, 0.25) is 0 Å². The lowest BCUT2D eigenvalue weighted by molar-refractivity contribution is 0.0715. The van der Waals surface area contributed by atoms with Crippen molar-refractivity contribution >= 4 is 0 Å². The molecule has 2 rings (SSSR count). The molecule has 1 saturated heterocycles. The summed E-state index contributed by atoms with van der Waals surface area (Å²) in [4.78, 5) is 0. The molecule has 3 nitrogen and oxygen atoms in total. The zero-order chi connectivity index (χ0) is 11.2. The average Bonchev–Trinajstić information content (AvgIpc) is 2.38. The predicted molar refractivity (Wildman–Crippen MR) is 63.2 cm³/mol. The van der Waals surface area contributed by atoms with Gasteiger partial charge in [0.05, 0.1) is 12.6 Å². The SMILES string of the molecule is OC[C@H](NC1CCOCC1)c1ccccc1. The van der Waals surface area contributed by atoms with Crippen LogP contribution < -0.4 is 5.32 Å². The Morgan fingerprint density at radius 3 is 2.56 bits per heavy atom. The normalized spacial score (nSPS) is 19.6. The summed E-state index contributed by atoms with van der Waals surface area (Å²) in [6, 6.07) is 10.6. The van der Waals surface area contributed by atoms with E-state index in [0.29, 0.717) is 6.04 Å². The molecule has 3 heteroatoms. The maximum Gasteiger partial charge on any atom is 0.0626 e. The van der Waals surface area contributed by atoms with E-state index in [-0.39, 0.29) is 12.6 Å². The summed E-state index contributed by atoms with van der Waals surface area (Å²) in [6.07, 6.45) is 2.06. The fraction of sp³-hybridized carbons (Fsp3) is 0.538. The van der Waals surface area contributed by atoms with Gasteiger partial charge in [0.1, 0.15) is 0 Å². The smallest absolute Gasteiger partial charge is 0.0626 e. The van der Waals surface area contributed by atoms with Crippen molar-refractivity contribution < 1.29 is 9.84 Å². The van der Waals surface area contributed by atoms with Crippen molar-refractivity contribution in [3.8, 4) is 0 Å². The highest BCUT2D eigenvalue weighted by Crippen LogP contribution is 2.16. The molecule has 1 aliphatic rings. The van der Waals surface area contributed by atoms with Crippen LogP contribution in [0.15, 0.2) is 30.3 Å². The molecule has 1 aliphatic heterocycles. The second-order valence-electron chi connectivity index (χ2n) is 4.20. The van der Waals surface area contributed by atoms with Gasteiger partial charge in [-0.3, -0.25) is 0 Å². The number of nitrogens with one attached hydrogen (secondary N) is 1. The van der Waals surface area contributed by atoms with E-state index in [1.807, 2.05) is 30.3 Å². The Hall–Kier alpha value is -0.900. The van der Waals surface area contributed by atoms with Gasteiger partial charge < -0.3 is 15.2 Å². The third-order valence-corrected chi connectivity index (χ3v) is 3.04. The highest BCUT2D eigenvalue weighted by molar-refractivity contribution is 5.19. The predicted octanol–water partition coefficient (Wildman–Crippen LogP) is 1.49. The van der Waals surface area contributed by atoms with Crippen LogP contribution in [0.25, 0.3) is 0 Å². The molecule has 1 heterocycles. The molecule has 1 aromatic carbocycles. The lowest BCUT2D eigenvalue weighted by Gasteiger charge is -2.27. The summed E-state index contributed by atoms with van der Waals surface area (Å²) >= 11 is 0. The van der Waals surface area contributed by atoms with Gasteiger partial charge in [-0.05, 0) is 18.4 Å². The summed E-state index contributed by atoms with van der Waals surface area (Å²) in [5.41, 5.74) is 1.15. The van der Waals surface area contributed by atoms with Crippen LogP contribution in [0.5, 0.6) is 0 Å². The summed E-state index contributed by atoms with van der Waals surface area (Å²) in [6.45, 7) is 1.79. The summed E-state index contributed by atoms with van der Waals surface area (Å²) < 4.78 is 5.32. The zero-order valence-electron chi connectivity index (χ0n) is 9.43. The summed E-state index contributed by atoms with van der Waals surface area (Å²) in [5.74, 6) is 0. The zero-order valence-corrected chi connectivity index (χ0v) is 9.43. The van der Waals surface area contributed by atoms with Crippen molar-refractivity contribution in [3.05, 3.63) is 35.9 Å². The number of hydrogen-bond donors (Lipinski definition) is 2. The number of benzene rings is 1. The van der Waals surface area contributed by atoms with Crippen LogP contribution in [0.2, 0.25) is 0 Å². The van der Waals surface area contributed by atoms with Crippen LogP contribution in [0, 0.1) is 0 Å². The molecule has 0 radical (unpaired) electrons. The first-order valence-corrected chi connectivity index (χ1v) is 5.90. The largest absolute Gasteiger partial charge is 0.394 e. The second kappa shape index (κ2) is 5.99. The van der Waals surface area contributed by atoms with E-state index in [0.717, 1.165) is 31.6 Å². The highest BCUT2D eigenvalue weighted by Gasteiger charge is 2.18. The molecule has 1 aromatic rings. The van der Waals surface area contributed by atoms with Crippen molar-refractivity contribution in [2.24, 2.45) is 0 Å². The van der Waals surface area contributed by atoms with Crippen molar-refractivity contribution in [3.63, 3.8) is 0 Å². The molecular weight excluding hydrogens is 202 g/mol. The minimum Gasteiger partial charge on any atom is -0.394 e. The van der Waals surface area contributed by atoms with Crippen LogP contribution in [0.4, 0.5) is 0 Å². The molecular formula is C13H19NO2. The fourth-order valence-electron chi connectivity index (χ4n) is 2.09. The molecule has 0 unspecified atom stereocenters. The standard InChI is InChI=1S/C13H19NO2/c15-10-13(11-4-2-1-3-5-11)14-12-6-8-16-9-7-12/h1-5,12-15H,6-10H2/t13-/m0/s1. The monoisotopic (exact) mass is 221 g/mol. The third kappa shape index (κ3) is 3.04. The molecule has 16 heavy (non-hydrogen) atoms. The minimum atomic E-state index is 0.0456. The first-order chi connectivity index (χ1) is 7.90. The molecule has 2 N–H and O–H groups in total. The number of hydrogen-bond acceptors (Lipinski definition) is 3. The topological polar surface area (TPSA) is 41.5 Å². The van der Waals surface area contributed by atoms with Crippen molar-refractivity contribution in [2.45, 2.75) is 24.9 Å². The second-order valence-corrected chi connectivity index (χ2v) is 4.20. The van der Waals surface area contributed by atoms with Gasteiger partial charge in [0.25, 0.3) is 0 Å². The minimum absolute atomic E-state index is 0.0456. The van der Waals surface area contributed by atoms with Crippen LogP contribution in [-0.4, -0.2) is 31.0 Å². The Labute approximate surface area is 96.4 Å². The molecule has 0 amide bonds. The van der Waals surface area contributed by atoms with Crippen LogP contribution in [-0.2, 0) is 4.74 Å². The molecule has 88 valence electrons. The lowest BCUT2D eigenvalue weighted by Crippen LogP contribution is -2.38. The fourth-order valence-corrected chi connectivity index (χ4v) is 2.09. The van der Waals surface area contributed by atoms with E-state index >= 15 is 0 Å². The molecule has 1 fully saturated rings. The van der Waals surface area contributed by atoms with Crippen molar-refractivity contribution in [2.75, 3.05) is 19.8 Å². The molecule has 1 atom stereocenters. The Bertz CT molecular complexity index is 296. The highest BCUT2D eigenvalue weighted by atomic mass is 16.5. The van der Waals surface area contributed by atoms with Gasteiger partial charge in [0.15, 0.2) is 0 Å². The Kier molecular flexibility index (Phi) is 4.34. The first kappa shape index (κ1) is 11.6. The number of aliphatic hydroxyl groups is 1. The van der Waals surface area contributed by atoms with Gasteiger partial charge >= 0.3 is 0 Å². The maximum absolute atomic E-state index is 9.42. The Morgan fingerprint density at radius 2 is 1.94 bits per heavy atom. The summed E-state index contributed by atoms with van der Waals surface area (Å²) in [7, 11) is 0. The molecule has 0 saturated carbocycles. The number of ether oxygens (including phenoxy) is 1. The van der Waals surface area contributed by atoms with Gasteiger partial charge in [0, 0.05) is 19.3 Å². The molecule has 0 aliphatic carbocycles. The number of rotatable bonds is 4. The van der Waals surface area contributed by atoms with E-state index in [4.69, 9.17) is 4.74 Å². The third-order valence-electron chi connectivity index (χ3n) is 3.04. The number of aliphatic hydroxyl groups excluding tert-OH is 1. The Balaban J connectivity index is 1.94. The Morgan fingerprint density at radius 1 is 1.25 bits per heavy atom. The van der Waals surface area contributed by atoms with Crippen molar-refractivity contribution in [1.29, 1.82) is 0 Å². The average molecular weight is 221 g/mol. The van der Waals surface area contributed by atoms with Gasteiger partial charge in [-0.25, -0.2) is 0 Å². The maximum atomic E-state index is 9.42. The lowest BCUT2D eigenvalue weighted by atomic mass is 10.0. The van der Waals surface area contributed by atoms with E-state index in [1.54, 1.807) is 0 Å². The van der Waals surface area contributed by atoms with E-state index < -0.39 is 0 Å².